The molecule has 0 bridgehead atoms. The van der Waals surface area contributed by atoms with E-state index >= 15 is 0 Å². The van der Waals surface area contributed by atoms with Gasteiger partial charge in [0.15, 0.2) is 5.78 Å². The molecule has 0 saturated carbocycles. The standard InChI is InChI=1S/C12H12F3NO3/c1-8(17)9-2-4-10(5-3-9)16-11(18)6-19-7-12(13,14)15/h2-5H,6-7H2,1H3,(H,16,18). The smallest absolute Gasteiger partial charge is 0.362 e. The molecule has 1 aromatic carbocycles. The fourth-order valence-electron chi connectivity index (χ4n) is 1.24. The van der Waals surface area contributed by atoms with Gasteiger partial charge in [-0.15, -0.1) is 0 Å². The second kappa shape index (κ2) is 6.33. The van der Waals surface area contributed by atoms with Crippen LogP contribution in [0.5, 0.6) is 0 Å². The van der Waals surface area contributed by atoms with E-state index in [9.17, 15) is 22.8 Å². The highest BCUT2D eigenvalue weighted by Crippen LogP contribution is 2.14. The second-order valence-electron chi connectivity index (χ2n) is 3.79. The first-order chi connectivity index (χ1) is 8.78. The largest absolute Gasteiger partial charge is 0.411 e. The fraction of sp³-hybridized carbons (Fsp3) is 0.333. The van der Waals surface area contributed by atoms with Crippen LogP contribution in [-0.2, 0) is 9.53 Å². The van der Waals surface area contributed by atoms with E-state index < -0.39 is 25.3 Å². The summed E-state index contributed by atoms with van der Waals surface area (Å²) >= 11 is 0. The van der Waals surface area contributed by atoms with Gasteiger partial charge in [0.1, 0.15) is 13.2 Å². The van der Waals surface area contributed by atoms with Gasteiger partial charge in [0.2, 0.25) is 5.91 Å². The maximum atomic E-state index is 11.8. The number of anilines is 1. The number of Topliss-reactive ketones (excluding diaryl/α,β-unsaturated/α-hetero) is 1. The number of carbonyl (C=O) groups is 2. The molecule has 0 atom stereocenters. The predicted octanol–water partition coefficient (Wildman–Crippen LogP) is 2.41. The molecule has 1 rings (SSSR count). The van der Waals surface area contributed by atoms with E-state index in [4.69, 9.17) is 0 Å². The minimum absolute atomic E-state index is 0.119. The summed E-state index contributed by atoms with van der Waals surface area (Å²) in [7, 11) is 0. The highest BCUT2D eigenvalue weighted by molar-refractivity contribution is 5.95. The van der Waals surface area contributed by atoms with Crippen molar-refractivity contribution in [1.29, 1.82) is 0 Å². The van der Waals surface area contributed by atoms with E-state index in [1.54, 1.807) is 0 Å². The highest BCUT2D eigenvalue weighted by Gasteiger charge is 2.27. The summed E-state index contributed by atoms with van der Waals surface area (Å²) in [6, 6.07) is 5.99. The molecular weight excluding hydrogens is 263 g/mol. The lowest BCUT2D eigenvalue weighted by molar-refractivity contribution is -0.174. The molecule has 4 nitrogen and oxygen atoms in total. The SMILES string of the molecule is CC(=O)c1ccc(NC(=O)COCC(F)(F)F)cc1. The minimum Gasteiger partial charge on any atom is -0.362 e. The summed E-state index contributed by atoms with van der Waals surface area (Å²) in [5.74, 6) is -0.814. The van der Waals surface area contributed by atoms with Crippen LogP contribution in [0.2, 0.25) is 0 Å². The Labute approximate surface area is 107 Å². The summed E-state index contributed by atoms with van der Waals surface area (Å²) in [5, 5.41) is 2.35. The molecule has 1 amide bonds. The Bertz CT molecular complexity index is 454. The van der Waals surface area contributed by atoms with Crippen molar-refractivity contribution in [2.45, 2.75) is 13.1 Å². The van der Waals surface area contributed by atoms with Crippen LogP contribution >= 0.6 is 0 Å². The first-order valence-corrected chi connectivity index (χ1v) is 5.33. The predicted molar refractivity (Wildman–Crippen MR) is 62.0 cm³/mol. The van der Waals surface area contributed by atoms with Gasteiger partial charge in [-0.25, -0.2) is 0 Å². The van der Waals surface area contributed by atoms with Crippen molar-refractivity contribution in [3.63, 3.8) is 0 Å². The maximum absolute atomic E-state index is 11.8. The molecule has 0 aliphatic carbocycles. The summed E-state index contributed by atoms with van der Waals surface area (Å²) < 4.78 is 39.5. The zero-order valence-electron chi connectivity index (χ0n) is 10.1. The highest BCUT2D eigenvalue weighted by atomic mass is 19.4. The average Bonchev–Trinajstić information content (AvgIpc) is 2.27. The van der Waals surface area contributed by atoms with Crippen LogP contribution in [-0.4, -0.2) is 31.1 Å². The van der Waals surface area contributed by atoms with Crippen molar-refractivity contribution < 1.29 is 27.5 Å². The van der Waals surface area contributed by atoms with Crippen LogP contribution in [0.15, 0.2) is 24.3 Å². The van der Waals surface area contributed by atoms with Gasteiger partial charge < -0.3 is 10.1 Å². The summed E-state index contributed by atoms with van der Waals surface area (Å²) in [6.07, 6.45) is -4.45. The third-order valence-corrected chi connectivity index (χ3v) is 2.07. The molecule has 7 heteroatoms. The Morgan fingerprint density at radius 3 is 2.26 bits per heavy atom. The summed E-state index contributed by atoms with van der Waals surface area (Å²) in [6.45, 7) is -0.754. The fourth-order valence-corrected chi connectivity index (χ4v) is 1.24. The molecular formula is C12H12F3NO3. The van der Waals surface area contributed by atoms with Crippen molar-refractivity contribution >= 4 is 17.4 Å². The number of nitrogens with one attached hydrogen (secondary N) is 1. The number of ketones is 1. The maximum Gasteiger partial charge on any atom is 0.411 e. The average molecular weight is 275 g/mol. The van der Waals surface area contributed by atoms with Crippen LogP contribution < -0.4 is 5.32 Å². The van der Waals surface area contributed by atoms with E-state index in [2.05, 4.69) is 10.1 Å². The summed E-state index contributed by atoms with van der Waals surface area (Å²) in [5.41, 5.74) is 0.858. The number of hydrogen-bond acceptors (Lipinski definition) is 3. The number of hydrogen-bond donors (Lipinski definition) is 1. The third-order valence-electron chi connectivity index (χ3n) is 2.07. The van der Waals surface area contributed by atoms with Crippen LogP contribution in [0.3, 0.4) is 0 Å². The Morgan fingerprint density at radius 1 is 1.21 bits per heavy atom. The number of amides is 1. The third kappa shape index (κ3) is 6.01. The number of halogens is 3. The number of carbonyl (C=O) groups excluding carboxylic acids is 2. The first-order valence-electron chi connectivity index (χ1n) is 5.33. The summed E-state index contributed by atoms with van der Waals surface area (Å²) in [4.78, 5) is 22.2. The van der Waals surface area contributed by atoms with Crippen LogP contribution in [0.1, 0.15) is 17.3 Å². The van der Waals surface area contributed by atoms with Crippen LogP contribution in [0.25, 0.3) is 0 Å². The lowest BCUT2D eigenvalue weighted by atomic mass is 10.1. The van der Waals surface area contributed by atoms with Gasteiger partial charge >= 0.3 is 6.18 Å². The number of alkyl halides is 3. The van der Waals surface area contributed by atoms with Gasteiger partial charge in [-0.05, 0) is 31.2 Å². The van der Waals surface area contributed by atoms with E-state index in [-0.39, 0.29) is 5.78 Å². The lowest BCUT2D eigenvalue weighted by Crippen LogP contribution is -2.23. The van der Waals surface area contributed by atoms with Crippen molar-refractivity contribution in [3.8, 4) is 0 Å². The first kappa shape index (κ1) is 15.2. The monoisotopic (exact) mass is 275 g/mol. The minimum atomic E-state index is -4.45. The molecule has 0 spiro atoms. The van der Waals surface area contributed by atoms with Crippen molar-refractivity contribution in [2.24, 2.45) is 0 Å². The van der Waals surface area contributed by atoms with E-state index in [1.807, 2.05) is 0 Å². The van der Waals surface area contributed by atoms with Gasteiger partial charge in [-0.1, -0.05) is 0 Å². The number of rotatable bonds is 5. The molecule has 0 aliphatic rings. The molecule has 104 valence electrons. The number of ether oxygens (including phenoxy) is 1. The van der Waals surface area contributed by atoms with E-state index in [0.29, 0.717) is 11.3 Å². The van der Waals surface area contributed by atoms with Gasteiger partial charge in [0.25, 0.3) is 0 Å². The topological polar surface area (TPSA) is 55.4 Å². The van der Waals surface area contributed by atoms with Crippen LogP contribution in [0, 0.1) is 0 Å². The Hall–Kier alpha value is -1.89. The normalized spacial score (nSPS) is 11.2. The molecule has 0 radical (unpaired) electrons. The Balaban J connectivity index is 2.42. The van der Waals surface area contributed by atoms with Crippen molar-refractivity contribution in [3.05, 3.63) is 29.8 Å². The van der Waals surface area contributed by atoms with Crippen molar-refractivity contribution in [2.75, 3.05) is 18.5 Å². The molecule has 0 aliphatic heterocycles. The van der Waals surface area contributed by atoms with Gasteiger partial charge in [0.05, 0.1) is 0 Å². The molecule has 0 heterocycles. The molecule has 0 fully saturated rings. The Morgan fingerprint density at radius 2 is 1.79 bits per heavy atom. The molecule has 0 saturated heterocycles. The quantitative estimate of drug-likeness (QED) is 0.839. The van der Waals surface area contributed by atoms with E-state index in [0.717, 1.165) is 0 Å². The second-order valence-corrected chi connectivity index (χ2v) is 3.79. The van der Waals surface area contributed by atoms with Gasteiger partial charge in [-0.3, -0.25) is 9.59 Å². The molecule has 0 aromatic heterocycles. The molecule has 1 aromatic rings. The van der Waals surface area contributed by atoms with Crippen LogP contribution in [0.4, 0.5) is 18.9 Å². The number of benzene rings is 1. The van der Waals surface area contributed by atoms with Crippen molar-refractivity contribution in [1.82, 2.24) is 0 Å². The van der Waals surface area contributed by atoms with Gasteiger partial charge in [0, 0.05) is 11.3 Å². The zero-order chi connectivity index (χ0) is 14.5. The molecule has 19 heavy (non-hydrogen) atoms. The Kier molecular flexibility index (Phi) is 5.05. The van der Waals surface area contributed by atoms with Gasteiger partial charge in [-0.2, -0.15) is 13.2 Å². The van der Waals surface area contributed by atoms with E-state index in [1.165, 1.54) is 31.2 Å². The zero-order valence-corrected chi connectivity index (χ0v) is 10.1. The molecule has 0 unspecified atom stereocenters. The lowest BCUT2D eigenvalue weighted by Gasteiger charge is -2.08. The molecule has 1 N–H and O–H groups in total.